The molecular weight excluding hydrogens is 569 g/mol. The molecule has 0 amide bonds. The van der Waals surface area contributed by atoms with Crippen LogP contribution in [0.2, 0.25) is 0 Å². The van der Waals surface area contributed by atoms with Crippen LogP contribution >= 0.6 is 0 Å². The highest BCUT2D eigenvalue weighted by atomic mass is 16.3. The largest absolute Gasteiger partial charge is 0.455 e. The van der Waals surface area contributed by atoms with Crippen molar-refractivity contribution in [3.8, 4) is 55.8 Å². The predicted molar refractivity (Wildman–Crippen MR) is 198 cm³/mol. The van der Waals surface area contributed by atoms with Crippen molar-refractivity contribution in [2.45, 2.75) is 0 Å². The second-order valence-electron chi connectivity index (χ2n) is 11.1. The van der Waals surface area contributed by atoms with Gasteiger partial charge in [0.1, 0.15) is 11.3 Å². The van der Waals surface area contributed by atoms with E-state index in [1.54, 1.807) is 72.8 Å². The van der Waals surface area contributed by atoms with Crippen LogP contribution in [0.4, 0.5) is 0 Å². The number of hydrogen-bond acceptors (Lipinski definition) is 1. The van der Waals surface area contributed by atoms with Crippen molar-refractivity contribution in [2.24, 2.45) is 0 Å². The first kappa shape index (κ1) is 17.5. The maximum absolute atomic E-state index is 9.53. The summed E-state index contributed by atoms with van der Waals surface area (Å²) in [7, 11) is 0. The lowest BCUT2D eigenvalue weighted by Crippen LogP contribution is -1.92. The van der Waals surface area contributed by atoms with E-state index in [9.17, 15) is 8.22 Å². The van der Waals surface area contributed by atoms with Crippen LogP contribution in [0.5, 0.6) is 0 Å². The van der Waals surface area contributed by atoms with Crippen molar-refractivity contribution in [3.05, 3.63) is 182 Å². The first-order valence-corrected chi connectivity index (χ1v) is 15.1. The van der Waals surface area contributed by atoms with E-state index in [-0.39, 0.29) is 66.7 Å². The Labute approximate surface area is 290 Å². The molecule has 1 heteroatoms. The van der Waals surface area contributed by atoms with Crippen LogP contribution in [-0.2, 0) is 0 Å². The third kappa shape index (κ3) is 4.56. The van der Waals surface area contributed by atoms with E-state index < -0.39 is 66.5 Å². The zero-order valence-corrected chi connectivity index (χ0v) is 24.8. The minimum Gasteiger partial charge on any atom is -0.455 e. The average molecular weight is 611 g/mol. The highest BCUT2D eigenvalue weighted by Gasteiger charge is 2.25. The summed E-state index contributed by atoms with van der Waals surface area (Å²) in [6, 6.07) is 26.4. The van der Waals surface area contributed by atoms with Crippen molar-refractivity contribution in [3.63, 3.8) is 0 Å². The summed E-state index contributed by atoms with van der Waals surface area (Å²) in [6.45, 7) is 0. The first-order valence-electron chi connectivity index (χ1n) is 21.1. The van der Waals surface area contributed by atoms with Crippen LogP contribution in [0.25, 0.3) is 88.3 Å². The van der Waals surface area contributed by atoms with E-state index in [0.29, 0.717) is 16.5 Å². The topological polar surface area (TPSA) is 13.1 Å². The van der Waals surface area contributed by atoms with E-state index in [4.69, 9.17) is 12.6 Å². The smallest absolute Gasteiger partial charge is 0.143 e. The monoisotopic (exact) mass is 610 g/mol. The van der Waals surface area contributed by atoms with Gasteiger partial charge >= 0.3 is 0 Å². The molecule has 0 bridgehead atoms. The highest BCUT2D eigenvalue weighted by Crippen LogP contribution is 2.51. The molecule has 0 spiro atoms. The number of rotatable bonds is 5. The van der Waals surface area contributed by atoms with E-state index in [1.807, 2.05) is 36.4 Å². The Morgan fingerprint density at radius 3 is 1.45 bits per heavy atom. The summed E-state index contributed by atoms with van der Waals surface area (Å²) in [5.41, 5.74) is 3.16. The van der Waals surface area contributed by atoms with Crippen molar-refractivity contribution in [1.82, 2.24) is 0 Å². The van der Waals surface area contributed by atoms with Crippen LogP contribution in [0.1, 0.15) is 16.4 Å². The van der Waals surface area contributed by atoms with Gasteiger partial charge in [-0.3, -0.25) is 0 Å². The summed E-state index contributed by atoms with van der Waals surface area (Å²) in [4.78, 5) is 0. The molecule has 0 atom stereocenters. The lowest BCUT2D eigenvalue weighted by atomic mass is 9.84. The van der Waals surface area contributed by atoms with Crippen LogP contribution in [-0.4, -0.2) is 0 Å². The van der Waals surface area contributed by atoms with Crippen molar-refractivity contribution < 1.29 is 20.9 Å². The fraction of sp³-hybridized carbons (Fsp3) is 0. The van der Waals surface area contributed by atoms with Gasteiger partial charge in [0, 0.05) is 22.1 Å². The molecule has 0 aliphatic carbocycles. The van der Waals surface area contributed by atoms with Crippen molar-refractivity contribution >= 4 is 32.5 Å². The zero-order chi connectivity index (χ0) is 41.6. The molecule has 0 fully saturated rings. The molecule has 1 heterocycles. The summed E-state index contributed by atoms with van der Waals surface area (Å²) in [5, 5.41) is 0.292. The first-order chi connectivity index (χ1) is 28.3. The molecule has 8 aromatic carbocycles. The Morgan fingerprint density at radius 1 is 0.362 bits per heavy atom. The summed E-state index contributed by atoms with van der Waals surface area (Å²) in [6.07, 6.45) is 0. The zero-order valence-electron chi connectivity index (χ0n) is 36.8. The number of furan rings is 1. The number of fused-ring (bicyclic) bond motifs is 3. The van der Waals surface area contributed by atoms with E-state index in [0.717, 1.165) is 11.1 Å². The maximum Gasteiger partial charge on any atom is 0.143 e. The second kappa shape index (κ2) is 11.3. The molecular formula is C46H30O. The quantitative estimate of drug-likeness (QED) is 0.177. The third-order valence-corrected chi connectivity index (χ3v) is 8.46. The van der Waals surface area contributed by atoms with Crippen LogP contribution < -0.4 is 0 Å². The molecule has 0 saturated heterocycles. The van der Waals surface area contributed by atoms with E-state index in [1.165, 1.54) is 0 Å². The van der Waals surface area contributed by atoms with Gasteiger partial charge in [-0.2, -0.15) is 0 Å². The van der Waals surface area contributed by atoms with Crippen LogP contribution in [0, 0.1) is 0 Å². The molecule has 0 radical (unpaired) electrons. The molecule has 47 heavy (non-hydrogen) atoms. The Kier molecular flexibility index (Phi) is 4.21. The highest BCUT2D eigenvalue weighted by molar-refractivity contribution is 6.25. The van der Waals surface area contributed by atoms with Gasteiger partial charge in [-0.1, -0.05) is 170 Å². The van der Waals surface area contributed by atoms with Gasteiger partial charge in [0.2, 0.25) is 0 Å². The predicted octanol–water partition coefficient (Wildman–Crippen LogP) is 13.1. The molecule has 1 aromatic heterocycles. The Morgan fingerprint density at radius 2 is 0.851 bits per heavy atom. The van der Waals surface area contributed by atoms with Gasteiger partial charge in [0.25, 0.3) is 0 Å². The lowest BCUT2D eigenvalue weighted by molar-refractivity contribution is 0.633. The fourth-order valence-electron chi connectivity index (χ4n) is 6.40. The van der Waals surface area contributed by atoms with Crippen molar-refractivity contribution in [2.75, 3.05) is 0 Å². The number of hydrogen-bond donors (Lipinski definition) is 0. The maximum atomic E-state index is 9.53. The SMILES string of the molecule is [2H]c1c([2H])c([2H])c(-c2oc3cc(-c4ccccc4)ccc3c2-c2c3c([2H])c([2H])c([2H])c([2H])c3c(-c3ccccc3)c3c([2H])c([2H])c([2H])c([2H])c23)c(-c2ccccc2)c1[2H]. The van der Waals surface area contributed by atoms with Crippen LogP contribution in [0.3, 0.4) is 0 Å². The molecule has 9 rings (SSSR count). The minimum absolute atomic E-state index is 0.00122. The third-order valence-electron chi connectivity index (χ3n) is 8.46. The fourth-order valence-corrected chi connectivity index (χ4v) is 6.40. The molecule has 0 unspecified atom stereocenters. The van der Waals surface area contributed by atoms with E-state index >= 15 is 0 Å². The van der Waals surface area contributed by atoms with Gasteiger partial charge in [-0.15, -0.1) is 0 Å². The standard InChI is InChI=1S/C46H30O/c1-4-16-31(17-5-1)34-28-29-41-42(30-34)47-46(40-27-15-10-22-35(40)32-18-6-2-7-19-32)45(41)44-38-25-13-11-23-36(38)43(33-20-8-3-9-21-33)37-24-12-14-26-39(37)44/h1-30H/i10D,11D,12D,13D,14D,15D,22D,23D,24D,25D,26D,27D. The van der Waals surface area contributed by atoms with Gasteiger partial charge in [-0.05, 0) is 67.1 Å². The number of benzene rings is 8. The average Bonchev–Trinajstić information content (AvgIpc) is 3.64. The second-order valence-corrected chi connectivity index (χ2v) is 11.1. The normalized spacial score (nSPS) is 15.0. The lowest BCUT2D eigenvalue weighted by Gasteiger charge is -2.18. The van der Waals surface area contributed by atoms with Gasteiger partial charge in [0.05, 0.1) is 16.4 Å². The van der Waals surface area contributed by atoms with Gasteiger partial charge < -0.3 is 4.42 Å². The molecule has 0 aliphatic rings. The summed E-state index contributed by atoms with van der Waals surface area (Å²) in [5.74, 6) is -0.0778. The molecule has 9 aromatic rings. The summed E-state index contributed by atoms with van der Waals surface area (Å²) >= 11 is 0. The Hall–Kier alpha value is -6.18. The van der Waals surface area contributed by atoms with E-state index in [2.05, 4.69) is 0 Å². The summed E-state index contributed by atoms with van der Waals surface area (Å²) < 4.78 is 116. The Balaban J connectivity index is 1.60. The molecule has 1 nitrogen and oxygen atoms in total. The minimum atomic E-state index is -0.574. The molecule has 0 N–H and O–H groups in total. The van der Waals surface area contributed by atoms with Gasteiger partial charge in [0.15, 0.2) is 0 Å². The molecule has 220 valence electrons. The molecule has 0 saturated carbocycles. The van der Waals surface area contributed by atoms with Crippen LogP contribution in [0.15, 0.2) is 186 Å². The Bertz CT molecular complexity index is 3140. The van der Waals surface area contributed by atoms with Crippen molar-refractivity contribution in [1.29, 1.82) is 0 Å². The van der Waals surface area contributed by atoms with Gasteiger partial charge in [-0.25, -0.2) is 0 Å². The molecule has 0 aliphatic heterocycles.